The minimum Gasteiger partial charge on any atom is -0.351 e. The molecular formula is C14H13N5OS. The Morgan fingerprint density at radius 2 is 2.14 bits per heavy atom. The zero-order chi connectivity index (χ0) is 14.8. The SMILES string of the molecule is [N-]=[N+]=Nc1ccccc1C1NC(=S)NC2=C1C(=O)CCC2. The maximum absolute atomic E-state index is 12.3. The fourth-order valence-corrected chi connectivity index (χ4v) is 3.05. The molecular weight excluding hydrogens is 286 g/mol. The molecule has 0 saturated heterocycles. The van der Waals surface area contributed by atoms with Crippen molar-refractivity contribution in [2.45, 2.75) is 25.3 Å². The predicted octanol–water partition coefficient (Wildman–Crippen LogP) is 3.15. The lowest BCUT2D eigenvalue weighted by atomic mass is 9.85. The number of nitrogens with one attached hydrogen (secondary N) is 2. The van der Waals surface area contributed by atoms with Crippen LogP contribution in [0.15, 0.2) is 40.6 Å². The number of rotatable bonds is 2. The lowest BCUT2D eigenvalue weighted by Gasteiger charge is -2.34. The molecule has 0 amide bonds. The molecule has 1 unspecified atom stereocenters. The van der Waals surface area contributed by atoms with Crippen LogP contribution < -0.4 is 10.6 Å². The lowest BCUT2D eigenvalue weighted by molar-refractivity contribution is -0.116. The van der Waals surface area contributed by atoms with Gasteiger partial charge in [-0.15, -0.1) is 0 Å². The van der Waals surface area contributed by atoms with Crippen LogP contribution in [-0.2, 0) is 4.79 Å². The molecule has 0 radical (unpaired) electrons. The molecule has 0 fully saturated rings. The van der Waals surface area contributed by atoms with Gasteiger partial charge in [-0.3, -0.25) is 4.79 Å². The van der Waals surface area contributed by atoms with Crippen LogP contribution in [0, 0.1) is 0 Å². The summed E-state index contributed by atoms with van der Waals surface area (Å²) in [5.74, 6) is 0.111. The van der Waals surface area contributed by atoms with E-state index in [-0.39, 0.29) is 11.8 Å². The summed E-state index contributed by atoms with van der Waals surface area (Å²) < 4.78 is 0. The van der Waals surface area contributed by atoms with E-state index < -0.39 is 0 Å². The Kier molecular flexibility index (Phi) is 3.60. The van der Waals surface area contributed by atoms with Gasteiger partial charge in [-0.25, -0.2) is 0 Å². The van der Waals surface area contributed by atoms with Crippen LogP contribution in [-0.4, -0.2) is 10.9 Å². The van der Waals surface area contributed by atoms with E-state index in [1.165, 1.54) is 0 Å². The molecule has 6 nitrogen and oxygen atoms in total. The van der Waals surface area contributed by atoms with Gasteiger partial charge in [0.05, 0.1) is 6.04 Å². The smallest absolute Gasteiger partial charge is 0.171 e. The first kappa shape index (κ1) is 13.6. The van der Waals surface area contributed by atoms with Crippen molar-refractivity contribution in [3.63, 3.8) is 0 Å². The second kappa shape index (κ2) is 5.55. The summed E-state index contributed by atoms with van der Waals surface area (Å²) in [5.41, 5.74) is 11.6. The zero-order valence-electron chi connectivity index (χ0n) is 11.2. The van der Waals surface area contributed by atoms with Crippen LogP contribution in [0.5, 0.6) is 0 Å². The number of carbonyl (C=O) groups is 1. The first-order chi connectivity index (χ1) is 10.2. The van der Waals surface area contributed by atoms with Gasteiger partial charge in [-0.05, 0) is 36.2 Å². The standard InChI is InChI=1S/C14H13N5OS/c15-19-18-9-5-2-1-4-8(9)13-12-10(16-14(21)17-13)6-3-7-11(12)20/h1-2,4-5,13H,3,6-7H2,(H2,16,17,21). The normalized spacial score (nSPS) is 21.0. The molecule has 1 aliphatic heterocycles. The fourth-order valence-electron chi connectivity index (χ4n) is 2.81. The van der Waals surface area contributed by atoms with Gasteiger partial charge in [0.1, 0.15) is 0 Å². The Hall–Kier alpha value is -2.37. The highest BCUT2D eigenvalue weighted by atomic mass is 32.1. The van der Waals surface area contributed by atoms with Gasteiger partial charge in [0, 0.05) is 28.3 Å². The summed E-state index contributed by atoms with van der Waals surface area (Å²) in [4.78, 5) is 15.2. The molecule has 7 heteroatoms. The topological polar surface area (TPSA) is 89.9 Å². The Morgan fingerprint density at radius 1 is 1.33 bits per heavy atom. The van der Waals surface area contributed by atoms with Crippen molar-refractivity contribution in [1.29, 1.82) is 0 Å². The molecule has 2 N–H and O–H groups in total. The van der Waals surface area contributed by atoms with Gasteiger partial charge >= 0.3 is 0 Å². The summed E-state index contributed by atoms with van der Waals surface area (Å²) in [6.07, 6.45) is 2.18. The minimum absolute atomic E-state index is 0.111. The first-order valence-corrected chi connectivity index (χ1v) is 7.09. The Bertz CT molecular complexity index is 705. The summed E-state index contributed by atoms with van der Waals surface area (Å²) in [7, 11) is 0. The second-order valence-corrected chi connectivity index (χ2v) is 5.36. The minimum atomic E-state index is -0.358. The average Bonchev–Trinajstić information content (AvgIpc) is 2.47. The monoisotopic (exact) mass is 299 g/mol. The van der Waals surface area contributed by atoms with E-state index in [2.05, 4.69) is 20.7 Å². The number of Topliss-reactive ketones (excluding diaryl/α,β-unsaturated/α-hetero) is 1. The highest BCUT2D eigenvalue weighted by Gasteiger charge is 2.33. The molecule has 1 aliphatic carbocycles. The maximum atomic E-state index is 12.3. The van der Waals surface area contributed by atoms with Crippen molar-refractivity contribution in [1.82, 2.24) is 10.6 Å². The molecule has 2 aliphatic rings. The van der Waals surface area contributed by atoms with Gasteiger partial charge in [-0.2, -0.15) is 0 Å². The number of benzene rings is 1. The van der Waals surface area contributed by atoms with Crippen molar-refractivity contribution in [2.24, 2.45) is 5.11 Å². The number of allylic oxidation sites excluding steroid dienone is 1. The summed E-state index contributed by atoms with van der Waals surface area (Å²) in [5, 5.41) is 10.4. The molecule has 1 atom stereocenters. The van der Waals surface area contributed by atoms with E-state index in [4.69, 9.17) is 17.7 Å². The van der Waals surface area contributed by atoms with Crippen molar-refractivity contribution in [2.75, 3.05) is 0 Å². The number of carbonyl (C=O) groups excluding carboxylic acids is 1. The number of ketones is 1. The van der Waals surface area contributed by atoms with Crippen LogP contribution in [0.25, 0.3) is 10.4 Å². The van der Waals surface area contributed by atoms with E-state index in [9.17, 15) is 4.79 Å². The fraction of sp³-hybridized carbons (Fsp3) is 0.286. The molecule has 0 spiro atoms. The van der Waals surface area contributed by atoms with Crippen LogP contribution in [0.3, 0.4) is 0 Å². The van der Waals surface area contributed by atoms with Crippen LogP contribution in [0.4, 0.5) is 5.69 Å². The summed E-state index contributed by atoms with van der Waals surface area (Å²) >= 11 is 5.23. The van der Waals surface area contributed by atoms with Gasteiger partial charge in [0.2, 0.25) is 0 Å². The molecule has 1 aromatic rings. The molecule has 0 aromatic heterocycles. The zero-order valence-corrected chi connectivity index (χ0v) is 12.0. The Balaban J connectivity index is 2.14. The first-order valence-electron chi connectivity index (χ1n) is 6.68. The molecule has 0 bridgehead atoms. The van der Waals surface area contributed by atoms with Crippen molar-refractivity contribution < 1.29 is 4.79 Å². The quantitative estimate of drug-likeness (QED) is 0.380. The van der Waals surface area contributed by atoms with Crippen molar-refractivity contribution in [3.8, 4) is 0 Å². The van der Waals surface area contributed by atoms with Gasteiger partial charge in [0.15, 0.2) is 10.9 Å². The van der Waals surface area contributed by atoms with Crippen molar-refractivity contribution in [3.05, 3.63) is 51.5 Å². The van der Waals surface area contributed by atoms with Gasteiger partial charge < -0.3 is 10.6 Å². The predicted molar refractivity (Wildman–Crippen MR) is 82.7 cm³/mol. The molecule has 1 heterocycles. The third kappa shape index (κ3) is 2.49. The second-order valence-electron chi connectivity index (χ2n) is 4.95. The molecule has 21 heavy (non-hydrogen) atoms. The highest BCUT2D eigenvalue weighted by molar-refractivity contribution is 7.80. The molecule has 3 rings (SSSR count). The largest absolute Gasteiger partial charge is 0.351 e. The van der Waals surface area contributed by atoms with Crippen molar-refractivity contribution >= 4 is 28.8 Å². The number of thiocarbonyl (C=S) groups is 1. The van der Waals surface area contributed by atoms with Crippen LogP contribution >= 0.6 is 12.2 Å². The summed E-state index contributed by atoms with van der Waals surface area (Å²) in [6.45, 7) is 0. The summed E-state index contributed by atoms with van der Waals surface area (Å²) in [6, 6.07) is 6.87. The van der Waals surface area contributed by atoms with Crippen LogP contribution in [0.2, 0.25) is 0 Å². The molecule has 106 valence electrons. The van der Waals surface area contributed by atoms with Gasteiger partial charge in [-0.1, -0.05) is 29.4 Å². The van der Waals surface area contributed by atoms with Gasteiger partial charge in [0.25, 0.3) is 0 Å². The number of nitrogens with zero attached hydrogens (tertiary/aromatic N) is 3. The molecule has 1 aromatic carbocycles. The maximum Gasteiger partial charge on any atom is 0.171 e. The Morgan fingerprint density at radius 3 is 2.95 bits per heavy atom. The average molecular weight is 299 g/mol. The number of hydrogen-bond donors (Lipinski definition) is 2. The van der Waals surface area contributed by atoms with E-state index in [1.807, 2.05) is 12.1 Å². The highest BCUT2D eigenvalue weighted by Crippen LogP contribution is 2.37. The Labute approximate surface area is 126 Å². The van der Waals surface area contributed by atoms with E-state index in [1.54, 1.807) is 12.1 Å². The van der Waals surface area contributed by atoms with E-state index in [0.29, 0.717) is 22.8 Å². The van der Waals surface area contributed by atoms with E-state index in [0.717, 1.165) is 24.1 Å². The molecule has 0 saturated carbocycles. The third-order valence-electron chi connectivity index (χ3n) is 3.68. The third-order valence-corrected chi connectivity index (χ3v) is 3.90. The number of hydrogen-bond acceptors (Lipinski definition) is 3. The lowest BCUT2D eigenvalue weighted by Crippen LogP contribution is -2.46. The van der Waals surface area contributed by atoms with Crippen LogP contribution in [0.1, 0.15) is 30.9 Å². The van der Waals surface area contributed by atoms with E-state index >= 15 is 0 Å². The number of azide groups is 1.